The number of halogens is 6. The molecule has 1 saturated carbocycles. The number of hydrogen-bond donors (Lipinski definition) is 1. The predicted molar refractivity (Wildman–Crippen MR) is 94.8 cm³/mol. The van der Waals surface area contributed by atoms with E-state index in [9.17, 15) is 34.8 Å². The standard InChI is InChI=1S/C17H20F6N2O3S/c1-11(24-28-10-12-5-3-2-4-6-12)14-8-7-13(16(18,19)20)9-15(14)25-29(26,27)17(21,22)23/h7-9,12,25H,2-6,10H2,1H3/b24-11+. The van der Waals surface area contributed by atoms with Gasteiger partial charge in [-0.05, 0) is 37.8 Å². The molecule has 12 heteroatoms. The van der Waals surface area contributed by atoms with Crippen molar-refractivity contribution in [1.82, 2.24) is 0 Å². The van der Waals surface area contributed by atoms with E-state index in [0.29, 0.717) is 12.1 Å². The van der Waals surface area contributed by atoms with E-state index in [1.807, 2.05) is 0 Å². The molecule has 0 unspecified atom stereocenters. The van der Waals surface area contributed by atoms with E-state index in [4.69, 9.17) is 4.84 Å². The second-order valence-electron chi connectivity index (χ2n) is 6.79. The summed E-state index contributed by atoms with van der Waals surface area (Å²) in [6.07, 6.45) is 0.265. The Balaban J connectivity index is 2.30. The van der Waals surface area contributed by atoms with Gasteiger partial charge in [-0.1, -0.05) is 30.5 Å². The number of hydrogen-bond acceptors (Lipinski definition) is 4. The molecule has 1 N–H and O–H groups in total. The Labute approximate surface area is 164 Å². The van der Waals surface area contributed by atoms with Crippen LogP contribution in [0.25, 0.3) is 0 Å². The Kier molecular flexibility index (Phi) is 7.07. The number of benzene rings is 1. The fourth-order valence-electron chi connectivity index (χ4n) is 2.97. The monoisotopic (exact) mass is 446 g/mol. The Morgan fingerprint density at radius 2 is 1.76 bits per heavy atom. The quantitative estimate of drug-likeness (QED) is 0.367. The molecule has 0 amide bonds. The highest BCUT2D eigenvalue weighted by molar-refractivity contribution is 7.93. The molecule has 1 aliphatic rings. The number of nitrogens with zero attached hydrogens (tertiary/aromatic N) is 1. The third-order valence-corrected chi connectivity index (χ3v) is 5.62. The van der Waals surface area contributed by atoms with Crippen molar-refractivity contribution in [2.75, 3.05) is 11.3 Å². The summed E-state index contributed by atoms with van der Waals surface area (Å²) in [5.74, 6) is 0.274. The van der Waals surface area contributed by atoms with Crippen molar-refractivity contribution in [2.45, 2.75) is 50.7 Å². The van der Waals surface area contributed by atoms with Gasteiger partial charge in [-0.25, -0.2) is 0 Å². The van der Waals surface area contributed by atoms with Crippen LogP contribution in [-0.4, -0.2) is 26.2 Å². The van der Waals surface area contributed by atoms with Gasteiger partial charge in [0.1, 0.15) is 6.61 Å². The van der Waals surface area contributed by atoms with Gasteiger partial charge in [0.05, 0.1) is 17.0 Å². The Hall–Kier alpha value is -1.98. The normalized spacial score (nSPS) is 17.3. The minimum absolute atomic E-state index is 0.0607. The molecule has 0 bridgehead atoms. The topological polar surface area (TPSA) is 67.8 Å². The number of alkyl halides is 6. The SMILES string of the molecule is C/C(=N\OCC1CCCCC1)c1ccc(C(F)(F)F)cc1NS(=O)(=O)C(F)(F)F. The molecule has 1 aliphatic carbocycles. The average Bonchev–Trinajstić information content (AvgIpc) is 2.60. The Bertz CT molecular complexity index is 844. The lowest BCUT2D eigenvalue weighted by Crippen LogP contribution is -2.30. The Morgan fingerprint density at radius 3 is 2.31 bits per heavy atom. The second-order valence-corrected chi connectivity index (χ2v) is 8.46. The summed E-state index contributed by atoms with van der Waals surface area (Å²) in [7, 11) is -5.92. The molecule has 0 heterocycles. The zero-order chi connectivity index (χ0) is 21.9. The van der Waals surface area contributed by atoms with Crippen molar-refractivity contribution in [3.05, 3.63) is 29.3 Å². The van der Waals surface area contributed by atoms with Crippen molar-refractivity contribution in [3.8, 4) is 0 Å². The first kappa shape index (κ1) is 23.3. The summed E-state index contributed by atoms with van der Waals surface area (Å²) in [5, 5.41) is 3.75. The molecular weight excluding hydrogens is 426 g/mol. The molecule has 0 spiro atoms. The predicted octanol–water partition coefficient (Wildman–Crippen LogP) is 5.29. The van der Waals surface area contributed by atoms with Crippen LogP contribution in [0, 0.1) is 5.92 Å². The first-order valence-corrected chi connectivity index (χ1v) is 10.3. The number of sulfonamides is 1. The number of rotatable bonds is 6. The first-order valence-electron chi connectivity index (χ1n) is 8.78. The van der Waals surface area contributed by atoms with E-state index >= 15 is 0 Å². The third kappa shape index (κ3) is 6.25. The van der Waals surface area contributed by atoms with E-state index in [2.05, 4.69) is 5.16 Å². The summed E-state index contributed by atoms with van der Waals surface area (Å²) in [6.45, 7) is 1.57. The molecule has 29 heavy (non-hydrogen) atoms. The molecule has 1 fully saturated rings. The maximum Gasteiger partial charge on any atom is 0.516 e. The molecule has 0 atom stereocenters. The van der Waals surface area contributed by atoms with Gasteiger partial charge in [0.2, 0.25) is 0 Å². The first-order chi connectivity index (χ1) is 13.3. The van der Waals surface area contributed by atoms with Crippen LogP contribution < -0.4 is 4.72 Å². The largest absolute Gasteiger partial charge is 0.516 e. The molecule has 5 nitrogen and oxygen atoms in total. The van der Waals surface area contributed by atoms with Gasteiger partial charge >= 0.3 is 21.7 Å². The maximum absolute atomic E-state index is 12.9. The molecule has 0 saturated heterocycles. The van der Waals surface area contributed by atoms with E-state index in [1.165, 1.54) is 11.6 Å². The van der Waals surface area contributed by atoms with Crippen molar-refractivity contribution < 1.29 is 39.6 Å². The third-order valence-electron chi connectivity index (χ3n) is 4.52. The number of nitrogens with one attached hydrogen (secondary N) is 1. The van der Waals surface area contributed by atoms with Crippen molar-refractivity contribution >= 4 is 21.4 Å². The molecule has 2 rings (SSSR count). The van der Waals surface area contributed by atoms with E-state index < -0.39 is 33.0 Å². The van der Waals surface area contributed by atoms with Crippen LogP contribution in [0.3, 0.4) is 0 Å². The average molecular weight is 446 g/mol. The molecule has 0 radical (unpaired) electrons. The Morgan fingerprint density at radius 1 is 1.14 bits per heavy atom. The fraction of sp³-hybridized carbons (Fsp3) is 0.588. The lowest BCUT2D eigenvalue weighted by molar-refractivity contribution is -0.137. The van der Waals surface area contributed by atoms with Crippen molar-refractivity contribution in [1.29, 1.82) is 0 Å². The molecule has 1 aromatic carbocycles. The molecule has 0 aliphatic heterocycles. The summed E-state index contributed by atoms with van der Waals surface area (Å²) in [5.41, 5.74) is -8.21. The minimum Gasteiger partial charge on any atom is -0.395 e. The van der Waals surface area contributed by atoms with Crippen molar-refractivity contribution in [2.24, 2.45) is 11.1 Å². The van der Waals surface area contributed by atoms with Crippen LogP contribution in [0.4, 0.5) is 32.0 Å². The summed E-state index contributed by atoms with van der Waals surface area (Å²) >= 11 is 0. The van der Waals surface area contributed by atoms with Crippen LogP contribution in [0.15, 0.2) is 23.4 Å². The second kappa shape index (κ2) is 8.80. The van der Waals surface area contributed by atoms with Gasteiger partial charge in [0.15, 0.2) is 0 Å². The van der Waals surface area contributed by atoms with E-state index in [0.717, 1.165) is 38.2 Å². The highest BCUT2D eigenvalue weighted by Crippen LogP contribution is 2.34. The lowest BCUT2D eigenvalue weighted by Gasteiger charge is -2.20. The van der Waals surface area contributed by atoms with Crippen molar-refractivity contribution in [3.63, 3.8) is 0 Å². The van der Waals surface area contributed by atoms with Gasteiger partial charge in [-0.15, -0.1) is 0 Å². The van der Waals surface area contributed by atoms with Gasteiger partial charge in [0, 0.05) is 5.56 Å². The highest BCUT2D eigenvalue weighted by atomic mass is 32.2. The zero-order valence-corrected chi connectivity index (χ0v) is 16.2. The maximum atomic E-state index is 12.9. The van der Waals surface area contributed by atoms with Crippen LogP contribution in [0.5, 0.6) is 0 Å². The van der Waals surface area contributed by atoms with Gasteiger partial charge in [-0.3, -0.25) is 4.72 Å². The summed E-state index contributed by atoms with van der Waals surface area (Å²) < 4.78 is 101. The van der Waals surface area contributed by atoms with Crippen LogP contribution in [0.1, 0.15) is 50.2 Å². The summed E-state index contributed by atoms with van der Waals surface area (Å²) in [4.78, 5) is 5.21. The van der Waals surface area contributed by atoms with E-state index in [1.54, 1.807) is 0 Å². The van der Waals surface area contributed by atoms with E-state index in [-0.39, 0.29) is 23.8 Å². The fourth-order valence-corrected chi connectivity index (χ4v) is 3.54. The zero-order valence-electron chi connectivity index (χ0n) is 15.4. The summed E-state index contributed by atoms with van der Waals surface area (Å²) in [6, 6.07) is 1.76. The van der Waals surface area contributed by atoms with Gasteiger partial charge in [-0.2, -0.15) is 34.8 Å². The number of anilines is 1. The molecular formula is C17H20F6N2O3S. The lowest BCUT2D eigenvalue weighted by atomic mass is 9.90. The molecule has 164 valence electrons. The number of oxime groups is 1. The van der Waals surface area contributed by atoms with Crippen LogP contribution in [-0.2, 0) is 21.0 Å². The minimum atomic E-state index is -5.92. The smallest absolute Gasteiger partial charge is 0.395 e. The van der Waals surface area contributed by atoms with Gasteiger partial charge in [0.25, 0.3) is 0 Å². The highest BCUT2D eigenvalue weighted by Gasteiger charge is 2.46. The van der Waals surface area contributed by atoms with Gasteiger partial charge < -0.3 is 4.84 Å². The molecule has 1 aromatic rings. The van der Waals surface area contributed by atoms with Crippen LogP contribution in [0.2, 0.25) is 0 Å². The molecule has 0 aromatic heterocycles. The van der Waals surface area contributed by atoms with Crippen LogP contribution >= 0.6 is 0 Å².